The summed E-state index contributed by atoms with van der Waals surface area (Å²) in [6, 6.07) is 9.33. The van der Waals surface area contributed by atoms with Crippen molar-refractivity contribution >= 4 is 33.5 Å². The average Bonchev–Trinajstić information content (AvgIpc) is 2.46. The van der Waals surface area contributed by atoms with Crippen LogP contribution in [0, 0.1) is 0 Å². The fourth-order valence-electron chi connectivity index (χ4n) is 1.73. The molecule has 104 valence electrons. The number of hydrogen-bond donors (Lipinski definition) is 0. The van der Waals surface area contributed by atoms with Crippen LogP contribution in [0.4, 0.5) is 0 Å². The second-order valence-electron chi connectivity index (χ2n) is 4.16. The predicted molar refractivity (Wildman–Crippen MR) is 84.5 cm³/mol. The number of nitrogens with zero attached hydrogens (tertiary/aromatic N) is 1. The van der Waals surface area contributed by atoms with Crippen molar-refractivity contribution in [3.05, 3.63) is 52.1 Å². The quantitative estimate of drug-likeness (QED) is 0.593. The van der Waals surface area contributed by atoms with Gasteiger partial charge in [-0.3, -0.25) is 4.79 Å². The summed E-state index contributed by atoms with van der Waals surface area (Å²) >= 11 is 5.08. The van der Waals surface area contributed by atoms with Gasteiger partial charge in [0.1, 0.15) is 10.8 Å². The first-order valence-electron chi connectivity index (χ1n) is 6.03. The van der Waals surface area contributed by atoms with Crippen molar-refractivity contribution in [3.63, 3.8) is 0 Å². The number of aromatic nitrogens is 1. The lowest BCUT2D eigenvalue weighted by Gasteiger charge is -2.10. The Labute approximate surface area is 130 Å². The van der Waals surface area contributed by atoms with Crippen molar-refractivity contribution < 1.29 is 9.53 Å². The first-order chi connectivity index (χ1) is 9.61. The highest BCUT2D eigenvalue weighted by Crippen LogP contribution is 2.31. The molecule has 20 heavy (non-hydrogen) atoms. The van der Waals surface area contributed by atoms with Crippen LogP contribution in [0.1, 0.15) is 22.8 Å². The maximum Gasteiger partial charge on any atom is 0.159 e. The Morgan fingerprint density at radius 3 is 2.85 bits per heavy atom. The van der Waals surface area contributed by atoms with E-state index < -0.39 is 0 Å². The Hall–Kier alpha value is -1.33. The van der Waals surface area contributed by atoms with Gasteiger partial charge in [0, 0.05) is 27.5 Å². The van der Waals surface area contributed by atoms with Crippen LogP contribution in [0.2, 0.25) is 0 Å². The highest BCUT2D eigenvalue weighted by Gasteiger charge is 2.09. The number of ketones is 1. The molecular weight excluding hydrogens is 338 g/mol. The summed E-state index contributed by atoms with van der Waals surface area (Å²) in [5.74, 6) is 1.53. The molecule has 2 rings (SSSR count). The molecule has 0 aliphatic carbocycles. The zero-order valence-corrected chi connectivity index (χ0v) is 13.6. The number of halogens is 1. The zero-order valence-electron chi connectivity index (χ0n) is 11.2. The van der Waals surface area contributed by atoms with Gasteiger partial charge < -0.3 is 4.74 Å². The van der Waals surface area contributed by atoms with Gasteiger partial charge in [-0.25, -0.2) is 4.98 Å². The lowest BCUT2D eigenvalue weighted by atomic mass is 10.1. The van der Waals surface area contributed by atoms with Crippen LogP contribution in [0.5, 0.6) is 5.75 Å². The van der Waals surface area contributed by atoms with Gasteiger partial charge in [-0.1, -0.05) is 0 Å². The van der Waals surface area contributed by atoms with Crippen LogP contribution in [0.15, 0.2) is 46.0 Å². The maximum atomic E-state index is 11.5. The molecule has 0 aliphatic rings. The third-order valence-electron chi connectivity index (χ3n) is 2.78. The molecule has 0 fully saturated rings. The molecule has 0 radical (unpaired) electrons. The summed E-state index contributed by atoms with van der Waals surface area (Å²) in [4.78, 5) is 15.8. The van der Waals surface area contributed by atoms with E-state index in [9.17, 15) is 4.79 Å². The minimum atomic E-state index is 0.0536. The standard InChI is InChI=1S/C15H14BrNO2S/c1-10(18)11-5-6-14(19-2)12(8-11)9-20-15-13(16)4-3-7-17-15/h3-8H,9H2,1-2H3. The third kappa shape index (κ3) is 3.61. The summed E-state index contributed by atoms with van der Waals surface area (Å²) in [6.07, 6.45) is 1.76. The van der Waals surface area contributed by atoms with Crippen LogP contribution >= 0.6 is 27.7 Å². The van der Waals surface area contributed by atoms with Crippen LogP contribution in [0.3, 0.4) is 0 Å². The van der Waals surface area contributed by atoms with Crippen LogP contribution in [0.25, 0.3) is 0 Å². The molecule has 0 unspecified atom stereocenters. The van der Waals surface area contributed by atoms with E-state index in [1.807, 2.05) is 24.3 Å². The van der Waals surface area contributed by atoms with Gasteiger partial charge >= 0.3 is 0 Å². The summed E-state index contributed by atoms with van der Waals surface area (Å²) in [5.41, 5.74) is 1.68. The van der Waals surface area contributed by atoms with E-state index in [-0.39, 0.29) is 5.78 Å². The molecule has 0 N–H and O–H groups in total. The lowest BCUT2D eigenvalue weighted by molar-refractivity contribution is 0.101. The molecule has 1 heterocycles. The molecular formula is C15H14BrNO2S. The number of carbonyl (C=O) groups excluding carboxylic acids is 1. The highest BCUT2D eigenvalue weighted by molar-refractivity contribution is 9.10. The van der Waals surface area contributed by atoms with Gasteiger partial charge in [-0.05, 0) is 53.2 Å². The van der Waals surface area contributed by atoms with Crippen molar-refractivity contribution in [2.45, 2.75) is 17.7 Å². The van der Waals surface area contributed by atoms with Crippen molar-refractivity contribution in [1.82, 2.24) is 4.98 Å². The van der Waals surface area contributed by atoms with Crippen LogP contribution in [-0.2, 0) is 5.75 Å². The molecule has 0 amide bonds. The fraction of sp³-hybridized carbons (Fsp3) is 0.200. The first kappa shape index (κ1) is 15.1. The molecule has 0 saturated heterocycles. The number of methoxy groups -OCH3 is 1. The minimum absolute atomic E-state index is 0.0536. The van der Waals surface area contributed by atoms with Crippen molar-refractivity contribution in [3.8, 4) is 5.75 Å². The molecule has 1 aromatic carbocycles. The summed E-state index contributed by atoms with van der Waals surface area (Å²) < 4.78 is 6.31. The molecule has 0 saturated carbocycles. The molecule has 5 heteroatoms. The molecule has 0 spiro atoms. The minimum Gasteiger partial charge on any atom is -0.496 e. The summed E-state index contributed by atoms with van der Waals surface area (Å²) in [7, 11) is 1.63. The van der Waals surface area contributed by atoms with Crippen molar-refractivity contribution in [2.24, 2.45) is 0 Å². The second kappa shape index (κ2) is 6.90. The zero-order chi connectivity index (χ0) is 14.5. The second-order valence-corrected chi connectivity index (χ2v) is 5.98. The maximum absolute atomic E-state index is 11.5. The number of pyridine rings is 1. The Bertz CT molecular complexity index is 631. The highest BCUT2D eigenvalue weighted by atomic mass is 79.9. The van der Waals surface area contributed by atoms with Gasteiger partial charge in [-0.15, -0.1) is 11.8 Å². The van der Waals surface area contributed by atoms with Crippen molar-refractivity contribution in [1.29, 1.82) is 0 Å². The molecule has 1 aromatic heterocycles. The number of ether oxygens (including phenoxy) is 1. The van der Waals surface area contributed by atoms with E-state index in [4.69, 9.17) is 4.74 Å². The molecule has 2 aromatic rings. The number of carbonyl (C=O) groups is 1. The van der Waals surface area contributed by atoms with E-state index in [0.29, 0.717) is 11.3 Å². The summed E-state index contributed by atoms with van der Waals surface area (Å²) in [5, 5.41) is 0.919. The van der Waals surface area contributed by atoms with Crippen LogP contribution in [-0.4, -0.2) is 17.9 Å². The Morgan fingerprint density at radius 2 is 2.20 bits per heavy atom. The van der Waals surface area contributed by atoms with Gasteiger partial charge in [0.05, 0.1) is 7.11 Å². The van der Waals surface area contributed by atoms with Crippen molar-refractivity contribution in [2.75, 3.05) is 7.11 Å². The fourth-order valence-corrected chi connectivity index (χ4v) is 3.19. The number of hydrogen-bond acceptors (Lipinski definition) is 4. The smallest absolute Gasteiger partial charge is 0.159 e. The number of Topliss-reactive ketones (excluding diaryl/α,β-unsaturated/α-hetero) is 1. The summed E-state index contributed by atoms with van der Waals surface area (Å²) in [6.45, 7) is 1.56. The van der Waals surface area contributed by atoms with E-state index in [1.54, 1.807) is 38.1 Å². The molecule has 0 aliphatic heterocycles. The van der Waals surface area contributed by atoms with Gasteiger partial charge in [0.25, 0.3) is 0 Å². The van der Waals surface area contributed by atoms with Crippen LogP contribution < -0.4 is 4.74 Å². The predicted octanol–water partition coefficient (Wildman–Crippen LogP) is 4.35. The lowest BCUT2D eigenvalue weighted by Crippen LogP contribution is -1.97. The monoisotopic (exact) mass is 351 g/mol. The van der Waals surface area contributed by atoms with E-state index in [0.717, 1.165) is 20.8 Å². The SMILES string of the molecule is COc1ccc(C(C)=O)cc1CSc1ncccc1Br. The van der Waals surface area contributed by atoms with E-state index >= 15 is 0 Å². The topological polar surface area (TPSA) is 39.2 Å². The number of thioether (sulfide) groups is 1. The Balaban J connectivity index is 2.22. The normalized spacial score (nSPS) is 10.3. The van der Waals surface area contributed by atoms with E-state index in [1.165, 1.54) is 0 Å². The molecule has 0 atom stereocenters. The Morgan fingerprint density at radius 1 is 1.40 bits per heavy atom. The largest absolute Gasteiger partial charge is 0.496 e. The first-order valence-corrected chi connectivity index (χ1v) is 7.81. The van der Waals surface area contributed by atoms with Gasteiger partial charge in [0.2, 0.25) is 0 Å². The average molecular weight is 352 g/mol. The van der Waals surface area contributed by atoms with Gasteiger partial charge in [-0.2, -0.15) is 0 Å². The molecule has 3 nitrogen and oxygen atoms in total. The number of rotatable bonds is 5. The molecule has 0 bridgehead atoms. The number of benzene rings is 1. The third-order valence-corrected chi connectivity index (χ3v) is 4.73. The van der Waals surface area contributed by atoms with E-state index in [2.05, 4.69) is 20.9 Å². The van der Waals surface area contributed by atoms with Gasteiger partial charge in [0.15, 0.2) is 5.78 Å². The Kier molecular flexibility index (Phi) is 5.20.